The molecule has 118 valence electrons. The van der Waals surface area contributed by atoms with Crippen molar-refractivity contribution in [3.63, 3.8) is 0 Å². The summed E-state index contributed by atoms with van der Waals surface area (Å²) in [6.45, 7) is 2.82. The first kappa shape index (κ1) is 14.0. The Kier molecular flexibility index (Phi) is 3.36. The smallest absolute Gasteiger partial charge is 0.324 e. The molecule has 8 heteroatoms. The van der Waals surface area contributed by atoms with Crippen molar-refractivity contribution in [1.82, 2.24) is 25.0 Å². The number of hydrogen-bond acceptors (Lipinski definition) is 5. The van der Waals surface area contributed by atoms with Crippen LogP contribution in [0.3, 0.4) is 0 Å². The SMILES string of the molecule is C[C@@H](Sc1nnc(C2CC2)n1C1CC1)C(=O)N1CCNC1=O. The van der Waals surface area contributed by atoms with Crippen molar-refractivity contribution in [2.45, 2.75) is 55.0 Å². The zero-order valence-corrected chi connectivity index (χ0v) is 13.3. The fourth-order valence-corrected chi connectivity index (χ4v) is 3.76. The summed E-state index contributed by atoms with van der Waals surface area (Å²) in [5.41, 5.74) is 0. The number of nitrogens with zero attached hydrogens (tertiary/aromatic N) is 4. The molecule has 0 bridgehead atoms. The number of thioether (sulfide) groups is 1. The van der Waals surface area contributed by atoms with Crippen LogP contribution in [-0.4, -0.2) is 49.9 Å². The normalized spacial score (nSPS) is 22.8. The molecule has 22 heavy (non-hydrogen) atoms. The molecule has 4 rings (SSSR count). The first-order valence-corrected chi connectivity index (χ1v) is 8.74. The zero-order chi connectivity index (χ0) is 15.3. The molecule has 1 saturated heterocycles. The van der Waals surface area contributed by atoms with Crippen LogP contribution in [0.4, 0.5) is 4.79 Å². The summed E-state index contributed by atoms with van der Waals surface area (Å²) in [5.74, 6) is 1.49. The molecule has 1 aromatic rings. The average Bonchev–Trinajstić information content (AvgIpc) is 3.43. The van der Waals surface area contributed by atoms with E-state index >= 15 is 0 Å². The van der Waals surface area contributed by atoms with Crippen molar-refractivity contribution >= 4 is 23.7 Å². The Morgan fingerprint density at radius 1 is 1.32 bits per heavy atom. The summed E-state index contributed by atoms with van der Waals surface area (Å²) in [4.78, 5) is 25.3. The predicted molar refractivity (Wildman–Crippen MR) is 80.7 cm³/mol. The van der Waals surface area contributed by atoms with Gasteiger partial charge in [0.15, 0.2) is 5.16 Å². The second kappa shape index (κ2) is 5.26. The van der Waals surface area contributed by atoms with Gasteiger partial charge in [-0.15, -0.1) is 10.2 Å². The van der Waals surface area contributed by atoms with E-state index in [-0.39, 0.29) is 17.2 Å². The van der Waals surface area contributed by atoms with E-state index in [0.29, 0.717) is 25.0 Å². The lowest BCUT2D eigenvalue weighted by molar-refractivity contribution is -0.126. The third-order valence-corrected chi connectivity index (χ3v) is 5.34. The van der Waals surface area contributed by atoms with Crippen molar-refractivity contribution in [2.75, 3.05) is 13.1 Å². The monoisotopic (exact) mass is 321 g/mol. The molecule has 1 aliphatic heterocycles. The molecule has 0 spiro atoms. The summed E-state index contributed by atoms with van der Waals surface area (Å²) in [6, 6.07) is 0.213. The molecule has 0 radical (unpaired) electrons. The van der Waals surface area contributed by atoms with Crippen molar-refractivity contribution in [3.8, 4) is 0 Å². The van der Waals surface area contributed by atoms with Crippen molar-refractivity contribution in [1.29, 1.82) is 0 Å². The molecule has 2 aliphatic carbocycles. The average molecular weight is 321 g/mol. The van der Waals surface area contributed by atoms with Gasteiger partial charge in [-0.3, -0.25) is 9.69 Å². The van der Waals surface area contributed by atoms with E-state index in [2.05, 4.69) is 20.1 Å². The second-order valence-corrected chi connectivity index (χ2v) is 7.51. The van der Waals surface area contributed by atoms with E-state index in [1.54, 1.807) is 0 Å². The van der Waals surface area contributed by atoms with E-state index in [1.165, 1.54) is 42.3 Å². The second-order valence-electron chi connectivity index (χ2n) is 6.20. The zero-order valence-electron chi connectivity index (χ0n) is 12.5. The lowest BCUT2D eigenvalue weighted by Gasteiger charge is -2.17. The van der Waals surface area contributed by atoms with Crippen LogP contribution in [0, 0.1) is 0 Å². The highest BCUT2D eigenvalue weighted by atomic mass is 32.2. The van der Waals surface area contributed by atoms with Gasteiger partial charge in [-0.2, -0.15) is 0 Å². The van der Waals surface area contributed by atoms with Crippen molar-refractivity contribution < 1.29 is 9.59 Å². The number of aromatic nitrogens is 3. The largest absolute Gasteiger partial charge is 0.336 e. The van der Waals surface area contributed by atoms with Gasteiger partial charge in [0, 0.05) is 25.0 Å². The number of carbonyl (C=O) groups excluding carboxylic acids is 2. The van der Waals surface area contributed by atoms with Crippen LogP contribution < -0.4 is 5.32 Å². The van der Waals surface area contributed by atoms with E-state index in [1.807, 2.05) is 6.92 Å². The molecule has 0 aromatic carbocycles. The number of hydrogen-bond donors (Lipinski definition) is 1. The highest BCUT2D eigenvalue weighted by molar-refractivity contribution is 8.00. The predicted octanol–water partition coefficient (Wildman–Crippen LogP) is 1.52. The topological polar surface area (TPSA) is 80.1 Å². The third-order valence-electron chi connectivity index (χ3n) is 4.30. The molecular formula is C14H19N5O2S. The number of rotatable bonds is 5. The lowest BCUT2D eigenvalue weighted by atomic mass is 10.4. The summed E-state index contributed by atoms with van der Waals surface area (Å²) in [6.07, 6.45) is 4.72. The number of carbonyl (C=O) groups is 2. The standard InChI is InChI=1S/C14H19N5O2S/c1-8(12(20)18-7-6-15-13(18)21)22-14-17-16-11(9-2-3-9)19(14)10-4-5-10/h8-10H,2-7H2,1H3,(H,15,21)/t8-/m1/s1. The number of urea groups is 1. The van der Waals surface area contributed by atoms with Crippen molar-refractivity contribution in [3.05, 3.63) is 5.82 Å². The maximum Gasteiger partial charge on any atom is 0.324 e. The van der Waals surface area contributed by atoms with E-state index in [0.717, 1.165) is 11.0 Å². The molecule has 7 nitrogen and oxygen atoms in total. The summed E-state index contributed by atoms with van der Waals surface area (Å²) < 4.78 is 2.23. The molecule has 3 amide bonds. The van der Waals surface area contributed by atoms with Gasteiger partial charge >= 0.3 is 6.03 Å². The first-order valence-electron chi connectivity index (χ1n) is 7.86. The van der Waals surface area contributed by atoms with Crippen LogP contribution in [0.5, 0.6) is 0 Å². The molecule has 1 aromatic heterocycles. The van der Waals surface area contributed by atoms with Crippen LogP contribution in [0.15, 0.2) is 5.16 Å². The van der Waals surface area contributed by atoms with Crippen LogP contribution in [0.25, 0.3) is 0 Å². The van der Waals surface area contributed by atoms with E-state index < -0.39 is 0 Å². The van der Waals surface area contributed by atoms with E-state index in [4.69, 9.17) is 0 Å². The quantitative estimate of drug-likeness (QED) is 0.832. The summed E-state index contributed by atoms with van der Waals surface area (Å²) in [7, 11) is 0. The highest BCUT2D eigenvalue weighted by Gasteiger charge is 2.38. The maximum atomic E-state index is 12.4. The molecule has 0 unspecified atom stereocenters. The highest BCUT2D eigenvalue weighted by Crippen LogP contribution is 2.46. The Morgan fingerprint density at radius 3 is 2.68 bits per heavy atom. The molecule has 1 atom stereocenters. The van der Waals surface area contributed by atoms with Gasteiger partial charge in [0.05, 0.1) is 5.25 Å². The molecule has 3 aliphatic rings. The Bertz CT molecular complexity index is 623. The summed E-state index contributed by atoms with van der Waals surface area (Å²) in [5, 5.41) is 11.8. The Balaban J connectivity index is 1.50. The molecule has 2 heterocycles. The number of amides is 3. The maximum absolute atomic E-state index is 12.4. The lowest BCUT2D eigenvalue weighted by Crippen LogP contribution is -2.39. The van der Waals surface area contributed by atoms with Gasteiger partial charge in [0.1, 0.15) is 5.82 Å². The first-order chi connectivity index (χ1) is 10.6. The van der Waals surface area contributed by atoms with Gasteiger partial charge < -0.3 is 9.88 Å². The minimum absolute atomic E-state index is 0.154. The van der Waals surface area contributed by atoms with Gasteiger partial charge in [-0.1, -0.05) is 11.8 Å². The third kappa shape index (κ3) is 2.49. The van der Waals surface area contributed by atoms with Crippen LogP contribution >= 0.6 is 11.8 Å². The number of imide groups is 1. The van der Waals surface area contributed by atoms with Gasteiger partial charge in [-0.05, 0) is 32.6 Å². The minimum atomic E-state index is -0.336. The molecule has 1 N–H and O–H groups in total. The summed E-state index contributed by atoms with van der Waals surface area (Å²) >= 11 is 1.42. The molecule has 2 saturated carbocycles. The fraction of sp³-hybridized carbons (Fsp3) is 0.714. The van der Waals surface area contributed by atoms with Gasteiger partial charge in [-0.25, -0.2) is 4.79 Å². The molecule has 3 fully saturated rings. The number of nitrogens with one attached hydrogen (secondary N) is 1. The Morgan fingerprint density at radius 2 is 2.09 bits per heavy atom. The van der Waals surface area contributed by atoms with Crippen molar-refractivity contribution in [2.24, 2.45) is 0 Å². The minimum Gasteiger partial charge on any atom is -0.336 e. The van der Waals surface area contributed by atoms with Crippen LogP contribution in [-0.2, 0) is 4.79 Å². The van der Waals surface area contributed by atoms with E-state index in [9.17, 15) is 9.59 Å². The van der Waals surface area contributed by atoms with Crippen LogP contribution in [0.2, 0.25) is 0 Å². The Labute approximate surface area is 132 Å². The molecular weight excluding hydrogens is 302 g/mol. The van der Waals surface area contributed by atoms with Gasteiger partial charge in [0.2, 0.25) is 5.91 Å². The Hall–Kier alpha value is -1.57. The van der Waals surface area contributed by atoms with Gasteiger partial charge in [0.25, 0.3) is 0 Å². The van der Waals surface area contributed by atoms with Crippen LogP contribution in [0.1, 0.15) is 50.4 Å². The fourth-order valence-electron chi connectivity index (χ4n) is 2.77.